The van der Waals surface area contributed by atoms with Gasteiger partial charge in [-0.1, -0.05) is 18.2 Å². The van der Waals surface area contributed by atoms with E-state index >= 15 is 0 Å². The molecule has 7 nitrogen and oxygen atoms in total. The summed E-state index contributed by atoms with van der Waals surface area (Å²) in [4.78, 5) is 23.1. The number of aliphatic carboxylic acids is 1. The quantitative estimate of drug-likeness (QED) is 0.245. The van der Waals surface area contributed by atoms with Crippen LogP contribution in [0.2, 0.25) is 0 Å². The van der Waals surface area contributed by atoms with Crippen LogP contribution in [-0.2, 0) is 17.5 Å². The second-order valence-electron chi connectivity index (χ2n) is 9.32. The Balaban J connectivity index is 0.000000493. The number of H-pyrrole nitrogens is 1. The van der Waals surface area contributed by atoms with Crippen molar-refractivity contribution in [1.29, 1.82) is 0 Å². The summed E-state index contributed by atoms with van der Waals surface area (Å²) >= 11 is 1.56. The molecule has 4 aromatic rings. The number of piperazine rings is 1. The Morgan fingerprint density at radius 2 is 1.59 bits per heavy atom. The monoisotopic (exact) mass is 600 g/mol. The van der Waals surface area contributed by atoms with Gasteiger partial charge in [-0.25, -0.2) is 9.78 Å². The van der Waals surface area contributed by atoms with Crippen molar-refractivity contribution in [2.75, 3.05) is 39.3 Å². The average Bonchev–Trinajstić information content (AvgIpc) is 3.57. The zero-order valence-electron chi connectivity index (χ0n) is 21.5. The van der Waals surface area contributed by atoms with Gasteiger partial charge in [0.15, 0.2) is 0 Å². The number of aromatic amines is 1. The average molecular weight is 601 g/mol. The van der Waals surface area contributed by atoms with Crippen LogP contribution in [0.4, 0.5) is 26.3 Å². The molecule has 3 N–H and O–H groups in total. The highest BCUT2D eigenvalue weighted by molar-refractivity contribution is 7.18. The number of rotatable bonds is 6. The predicted molar refractivity (Wildman–Crippen MR) is 142 cm³/mol. The summed E-state index contributed by atoms with van der Waals surface area (Å²) in [5.74, 6) is -2.19. The summed E-state index contributed by atoms with van der Waals surface area (Å²) in [6.07, 6.45) is -9.46. The first-order valence-electron chi connectivity index (χ1n) is 12.5. The zero-order valence-corrected chi connectivity index (χ0v) is 22.3. The lowest BCUT2D eigenvalue weighted by Crippen LogP contribution is -2.46. The van der Waals surface area contributed by atoms with Crippen LogP contribution in [0, 0.1) is 0 Å². The minimum absolute atomic E-state index is 0.202. The highest BCUT2D eigenvalue weighted by atomic mass is 32.1. The molecule has 14 heteroatoms. The molecule has 5 rings (SSSR count). The summed E-state index contributed by atoms with van der Waals surface area (Å²) < 4.78 is 70.8. The van der Waals surface area contributed by atoms with Crippen LogP contribution >= 0.6 is 11.3 Å². The van der Waals surface area contributed by atoms with Crippen molar-refractivity contribution in [2.24, 2.45) is 0 Å². The molecule has 220 valence electrons. The van der Waals surface area contributed by atoms with Crippen LogP contribution in [0.3, 0.4) is 0 Å². The van der Waals surface area contributed by atoms with E-state index in [1.54, 1.807) is 11.3 Å². The number of aliphatic hydroxyl groups excluding tert-OH is 1. The zero-order chi connectivity index (χ0) is 29.8. The molecule has 1 aliphatic heterocycles. The molecule has 0 radical (unpaired) electrons. The number of carboxylic acids is 1. The van der Waals surface area contributed by atoms with E-state index in [1.165, 1.54) is 11.6 Å². The molecule has 2 aromatic carbocycles. The summed E-state index contributed by atoms with van der Waals surface area (Å²) in [5.41, 5.74) is 2.56. The van der Waals surface area contributed by atoms with Crippen LogP contribution in [-0.4, -0.2) is 81.5 Å². The van der Waals surface area contributed by atoms with Crippen LogP contribution in [0.1, 0.15) is 11.1 Å². The third-order valence-electron chi connectivity index (χ3n) is 6.39. The third kappa shape index (κ3) is 8.06. The number of aliphatic hydroxyl groups is 1. The topological polar surface area (TPSA) is 92.7 Å². The number of halogens is 6. The SMILES string of the molecule is O=C(O)C(F)(F)F.OCCN1CCN(Cc2cccc(-c3ccc(-c4nc5ccc(C(F)(F)F)cc5[nH]4)s3)c2)CC1. The number of imidazole rings is 1. The molecule has 0 bridgehead atoms. The molecule has 1 aliphatic rings. The van der Waals surface area contributed by atoms with E-state index in [9.17, 15) is 26.3 Å². The smallest absolute Gasteiger partial charge is 0.475 e. The van der Waals surface area contributed by atoms with Gasteiger partial charge in [-0.05, 0) is 47.5 Å². The number of hydrogen-bond donors (Lipinski definition) is 3. The summed E-state index contributed by atoms with van der Waals surface area (Å²) in [7, 11) is 0. The maximum absolute atomic E-state index is 13.0. The minimum Gasteiger partial charge on any atom is -0.475 e. The van der Waals surface area contributed by atoms with Crippen molar-refractivity contribution in [3.63, 3.8) is 0 Å². The first-order valence-corrected chi connectivity index (χ1v) is 13.3. The Labute approximate surface area is 234 Å². The van der Waals surface area contributed by atoms with E-state index in [1.807, 2.05) is 12.1 Å². The molecule has 1 saturated heterocycles. The van der Waals surface area contributed by atoms with Crippen molar-refractivity contribution in [3.8, 4) is 21.1 Å². The molecule has 0 amide bonds. The number of alkyl halides is 6. The van der Waals surface area contributed by atoms with Crippen molar-refractivity contribution in [3.05, 3.63) is 65.7 Å². The highest BCUT2D eigenvalue weighted by Crippen LogP contribution is 2.36. The minimum atomic E-state index is -5.08. The highest BCUT2D eigenvalue weighted by Gasteiger charge is 2.38. The predicted octanol–water partition coefficient (Wildman–Crippen LogP) is 5.72. The Morgan fingerprint density at radius 1 is 0.927 bits per heavy atom. The maximum Gasteiger partial charge on any atom is 0.490 e. The van der Waals surface area contributed by atoms with Crippen LogP contribution < -0.4 is 0 Å². The van der Waals surface area contributed by atoms with Crippen LogP contribution in [0.25, 0.3) is 32.2 Å². The number of nitrogens with zero attached hydrogens (tertiary/aromatic N) is 3. The summed E-state index contributed by atoms with van der Waals surface area (Å²) in [6, 6.07) is 16.0. The van der Waals surface area contributed by atoms with E-state index in [0.29, 0.717) is 16.9 Å². The van der Waals surface area contributed by atoms with Gasteiger partial charge in [0.2, 0.25) is 0 Å². The first-order chi connectivity index (χ1) is 19.3. The van der Waals surface area contributed by atoms with Gasteiger partial charge in [-0.15, -0.1) is 11.3 Å². The lowest BCUT2D eigenvalue weighted by atomic mass is 10.1. The Morgan fingerprint density at radius 3 is 2.22 bits per heavy atom. The second-order valence-corrected chi connectivity index (χ2v) is 10.4. The third-order valence-corrected chi connectivity index (χ3v) is 7.53. The molecule has 3 heterocycles. The summed E-state index contributed by atoms with van der Waals surface area (Å²) in [6.45, 7) is 5.72. The van der Waals surface area contributed by atoms with Gasteiger partial charge in [0, 0.05) is 44.1 Å². The molecule has 0 unspecified atom stereocenters. The maximum atomic E-state index is 13.0. The molecule has 41 heavy (non-hydrogen) atoms. The fourth-order valence-corrected chi connectivity index (χ4v) is 5.26. The molecule has 0 spiro atoms. The fraction of sp³-hybridized carbons (Fsp3) is 0.333. The van der Waals surface area contributed by atoms with Crippen molar-refractivity contribution in [1.82, 2.24) is 19.8 Å². The van der Waals surface area contributed by atoms with Gasteiger partial charge in [0.25, 0.3) is 0 Å². The molecule has 0 saturated carbocycles. The number of carbonyl (C=O) groups is 1. The number of fused-ring (bicyclic) bond motifs is 1. The van der Waals surface area contributed by atoms with Gasteiger partial charge in [0.1, 0.15) is 5.82 Å². The Kier molecular flexibility index (Phi) is 9.37. The van der Waals surface area contributed by atoms with Gasteiger partial charge in [-0.3, -0.25) is 9.80 Å². The van der Waals surface area contributed by atoms with E-state index in [0.717, 1.165) is 66.7 Å². The number of aromatic nitrogens is 2. The first kappa shape index (κ1) is 30.5. The standard InChI is InChI=1S/C25H25F3N4OS.C2HF3O2/c26-25(27,28)19-4-5-20-21(15-19)30-24(29-20)23-7-6-22(34-23)18-3-1-2-17(14-18)16-32-10-8-31(9-11-32)12-13-33;3-2(4,5)1(6)7/h1-7,14-15,33H,8-13,16H2,(H,29,30);(H,6,7). The van der Waals surface area contributed by atoms with E-state index < -0.39 is 23.9 Å². The number of benzene rings is 2. The summed E-state index contributed by atoms with van der Waals surface area (Å²) in [5, 5.41) is 16.2. The number of β-amino-alcohol motifs (C(OH)–C–C–N with tert-alkyl or cyclic N) is 1. The van der Waals surface area contributed by atoms with E-state index in [2.05, 4.69) is 44.0 Å². The Hall–Kier alpha value is -3.46. The van der Waals surface area contributed by atoms with E-state index in [4.69, 9.17) is 15.0 Å². The molecule has 0 atom stereocenters. The normalized spacial score (nSPS) is 15.1. The molecule has 2 aromatic heterocycles. The van der Waals surface area contributed by atoms with Crippen molar-refractivity contribution in [2.45, 2.75) is 18.9 Å². The number of nitrogens with one attached hydrogen (secondary N) is 1. The van der Waals surface area contributed by atoms with Crippen LogP contribution in [0.5, 0.6) is 0 Å². The van der Waals surface area contributed by atoms with Gasteiger partial charge < -0.3 is 15.2 Å². The van der Waals surface area contributed by atoms with Crippen molar-refractivity contribution >= 4 is 28.3 Å². The van der Waals surface area contributed by atoms with Crippen LogP contribution in [0.15, 0.2) is 54.6 Å². The molecular weight excluding hydrogens is 574 g/mol. The van der Waals surface area contributed by atoms with Gasteiger partial charge >= 0.3 is 18.3 Å². The number of hydrogen-bond acceptors (Lipinski definition) is 6. The second kappa shape index (κ2) is 12.6. The number of thiophene rings is 1. The van der Waals surface area contributed by atoms with Gasteiger partial charge in [-0.2, -0.15) is 26.3 Å². The fourth-order valence-electron chi connectivity index (χ4n) is 4.32. The lowest BCUT2D eigenvalue weighted by Gasteiger charge is -2.34. The number of carboxylic acid groups (broad SMARTS) is 1. The molecule has 1 fully saturated rings. The Bertz CT molecular complexity index is 1480. The molecule has 0 aliphatic carbocycles. The van der Waals surface area contributed by atoms with Crippen molar-refractivity contribution < 1.29 is 41.4 Å². The lowest BCUT2D eigenvalue weighted by molar-refractivity contribution is -0.192. The van der Waals surface area contributed by atoms with Gasteiger partial charge in [0.05, 0.1) is 28.1 Å². The molecular formula is C27H26F6N4O3S. The largest absolute Gasteiger partial charge is 0.490 e. The van der Waals surface area contributed by atoms with E-state index in [-0.39, 0.29) is 6.61 Å².